The predicted molar refractivity (Wildman–Crippen MR) is 63.5 cm³/mol. The summed E-state index contributed by atoms with van der Waals surface area (Å²) in [4.78, 5) is 11.6. The monoisotopic (exact) mass is 238 g/mol. The minimum Gasteiger partial charge on any atom is -0.466 e. The van der Waals surface area contributed by atoms with E-state index in [1.807, 2.05) is 31.2 Å². The topological polar surface area (TPSA) is 26.3 Å². The van der Waals surface area contributed by atoms with Gasteiger partial charge >= 0.3 is 5.97 Å². The standard InChI is InChI=1S/C13H15ClO2/c1-3-16-13(15)12-8(2)11(12)9-5-4-6-10(14)7-9/h4-8,11-12H,3H2,1-2H3/t8-,11-,12+/m0/s1. The first kappa shape index (κ1) is 11.5. The van der Waals surface area contributed by atoms with Crippen LogP contribution in [0.5, 0.6) is 0 Å². The largest absolute Gasteiger partial charge is 0.466 e. The number of halogens is 1. The maximum atomic E-state index is 11.6. The summed E-state index contributed by atoms with van der Waals surface area (Å²) in [6.45, 7) is 4.36. The molecular weight excluding hydrogens is 224 g/mol. The molecule has 3 atom stereocenters. The molecule has 3 heteroatoms. The Morgan fingerprint density at radius 2 is 2.25 bits per heavy atom. The molecule has 1 fully saturated rings. The Hall–Kier alpha value is -1.02. The smallest absolute Gasteiger partial charge is 0.309 e. The highest BCUT2D eigenvalue weighted by atomic mass is 35.5. The summed E-state index contributed by atoms with van der Waals surface area (Å²) in [6, 6.07) is 7.72. The van der Waals surface area contributed by atoms with Crippen LogP contribution in [-0.4, -0.2) is 12.6 Å². The molecule has 0 radical (unpaired) electrons. The van der Waals surface area contributed by atoms with Crippen molar-refractivity contribution in [3.8, 4) is 0 Å². The van der Waals surface area contributed by atoms with E-state index in [-0.39, 0.29) is 17.8 Å². The molecule has 1 aromatic carbocycles. The number of carbonyl (C=O) groups excluding carboxylic acids is 1. The third-order valence-electron chi connectivity index (χ3n) is 3.17. The second-order valence-electron chi connectivity index (χ2n) is 4.22. The number of hydrogen-bond acceptors (Lipinski definition) is 2. The van der Waals surface area contributed by atoms with Gasteiger partial charge in [-0.1, -0.05) is 30.7 Å². The van der Waals surface area contributed by atoms with Crippen LogP contribution in [0.3, 0.4) is 0 Å². The first-order valence-electron chi connectivity index (χ1n) is 5.57. The fourth-order valence-corrected chi connectivity index (χ4v) is 2.49. The lowest BCUT2D eigenvalue weighted by Gasteiger charge is -2.01. The van der Waals surface area contributed by atoms with Crippen molar-refractivity contribution in [3.63, 3.8) is 0 Å². The molecule has 2 rings (SSSR count). The summed E-state index contributed by atoms with van der Waals surface area (Å²) < 4.78 is 5.05. The summed E-state index contributed by atoms with van der Waals surface area (Å²) in [5.41, 5.74) is 1.14. The summed E-state index contributed by atoms with van der Waals surface area (Å²) in [7, 11) is 0. The maximum absolute atomic E-state index is 11.6. The molecule has 0 aliphatic heterocycles. The first-order valence-corrected chi connectivity index (χ1v) is 5.95. The number of carbonyl (C=O) groups is 1. The molecule has 1 saturated carbocycles. The molecule has 1 aliphatic carbocycles. The van der Waals surface area contributed by atoms with Gasteiger partial charge in [0.25, 0.3) is 0 Å². The molecule has 0 N–H and O–H groups in total. The van der Waals surface area contributed by atoms with Crippen LogP contribution in [0.2, 0.25) is 5.02 Å². The normalized spacial score (nSPS) is 27.6. The van der Waals surface area contributed by atoms with Gasteiger partial charge in [-0.15, -0.1) is 0 Å². The van der Waals surface area contributed by atoms with E-state index in [0.717, 1.165) is 10.6 Å². The average Bonchev–Trinajstić information content (AvgIpc) is 2.90. The summed E-state index contributed by atoms with van der Waals surface area (Å²) in [5, 5.41) is 0.721. The lowest BCUT2D eigenvalue weighted by molar-refractivity contribution is -0.145. The van der Waals surface area contributed by atoms with Crippen LogP contribution in [0.1, 0.15) is 25.3 Å². The third-order valence-corrected chi connectivity index (χ3v) is 3.41. The Morgan fingerprint density at radius 1 is 1.50 bits per heavy atom. The highest BCUT2D eigenvalue weighted by Crippen LogP contribution is 2.54. The SMILES string of the molecule is CCOC(=O)[C@@H]1[C@@H](C)[C@H]1c1cccc(Cl)c1. The number of rotatable bonds is 3. The molecule has 1 aromatic rings. The third kappa shape index (κ3) is 2.07. The van der Waals surface area contributed by atoms with Crippen LogP contribution >= 0.6 is 11.6 Å². The number of ether oxygens (including phenoxy) is 1. The minimum atomic E-state index is -0.0834. The lowest BCUT2D eigenvalue weighted by Crippen LogP contribution is -2.08. The van der Waals surface area contributed by atoms with Gasteiger partial charge in [0.05, 0.1) is 12.5 Å². The number of hydrogen-bond donors (Lipinski definition) is 0. The zero-order valence-electron chi connectivity index (χ0n) is 9.44. The highest BCUT2D eigenvalue weighted by molar-refractivity contribution is 6.30. The Labute approximate surface area is 101 Å². The second kappa shape index (κ2) is 4.46. The first-order chi connectivity index (χ1) is 7.65. The van der Waals surface area contributed by atoms with Gasteiger partial charge in [0.15, 0.2) is 0 Å². The van der Waals surface area contributed by atoms with Gasteiger partial charge in [0.2, 0.25) is 0 Å². The van der Waals surface area contributed by atoms with Crippen LogP contribution in [0.25, 0.3) is 0 Å². The van der Waals surface area contributed by atoms with Crippen molar-refractivity contribution in [1.82, 2.24) is 0 Å². The fourth-order valence-electron chi connectivity index (χ4n) is 2.29. The van der Waals surface area contributed by atoms with Crippen molar-refractivity contribution < 1.29 is 9.53 Å². The molecule has 0 amide bonds. The molecule has 2 nitrogen and oxygen atoms in total. The van der Waals surface area contributed by atoms with Crippen LogP contribution < -0.4 is 0 Å². The van der Waals surface area contributed by atoms with E-state index in [0.29, 0.717) is 12.5 Å². The van der Waals surface area contributed by atoms with E-state index < -0.39 is 0 Å². The zero-order chi connectivity index (χ0) is 11.7. The van der Waals surface area contributed by atoms with Gasteiger partial charge in [-0.05, 0) is 30.5 Å². The van der Waals surface area contributed by atoms with Crippen molar-refractivity contribution >= 4 is 17.6 Å². The zero-order valence-corrected chi connectivity index (χ0v) is 10.2. The average molecular weight is 239 g/mol. The molecule has 0 spiro atoms. The van der Waals surface area contributed by atoms with E-state index in [1.165, 1.54) is 0 Å². The van der Waals surface area contributed by atoms with Gasteiger partial charge in [-0.3, -0.25) is 4.79 Å². The quantitative estimate of drug-likeness (QED) is 0.756. The Kier molecular flexibility index (Phi) is 3.20. The van der Waals surface area contributed by atoms with Crippen molar-refractivity contribution in [3.05, 3.63) is 34.9 Å². The molecule has 0 heterocycles. The molecular formula is C13H15ClO2. The van der Waals surface area contributed by atoms with Gasteiger partial charge in [-0.2, -0.15) is 0 Å². The van der Waals surface area contributed by atoms with Crippen LogP contribution in [0.4, 0.5) is 0 Å². The predicted octanol–water partition coefficient (Wildman–Crippen LogP) is 3.25. The van der Waals surface area contributed by atoms with Gasteiger partial charge < -0.3 is 4.74 Å². The van der Waals surface area contributed by atoms with E-state index >= 15 is 0 Å². The molecule has 86 valence electrons. The molecule has 0 aromatic heterocycles. The van der Waals surface area contributed by atoms with Crippen LogP contribution in [-0.2, 0) is 9.53 Å². The summed E-state index contributed by atoms with van der Waals surface area (Å²) in [5.74, 6) is 0.564. The molecule has 0 saturated heterocycles. The number of benzene rings is 1. The lowest BCUT2D eigenvalue weighted by atomic mass is 10.1. The van der Waals surface area contributed by atoms with Crippen molar-refractivity contribution in [1.29, 1.82) is 0 Å². The van der Waals surface area contributed by atoms with Crippen LogP contribution in [0.15, 0.2) is 24.3 Å². The van der Waals surface area contributed by atoms with E-state index in [9.17, 15) is 4.79 Å². The maximum Gasteiger partial charge on any atom is 0.309 e. The van der Waals surface area contributed by atoms with Crippen molar-refractivity contribution in [2.45, 2.75) is 19.8 Å². The highest BCUT2D eigenvalue weighted by Gasteiger charge is 2.53. The van der Waals surface area contributed by atoms with Crippen molar-refractivity contribution in [2.24, 2.45) is 11.8 Å². The number of esters is 1. The van der Waals surface area contributed by atoms with E-state index in [2.05, 4.69) is 6.92 Å². The Bertz CT molecular complexity index is 403. The Balaban J connectivity index is 2.11. The molecule has 1 aliphatic rings. The van der Waals surface area contributed by atoms with E-state index in [1.54, 1.807) is 0 Å². The fraction of sp³-hybridized carbons (Fsp3) is 0.462. The summed E-state index contributed by atoms with van der Waals surface area (Å²) >= 11 is 5.94. The minimum absolute atomic E-state index is 0.0124. The van der Waals surface area contributed by atoms with Gasteiger partial charge in [0.1, 0.15) is 0 Å². The van der Waals surface area contributed by atoms with Gasteiger partial charge in [0, 0.05) is 10.9 Å². The van der Waals surface area contributed by atoms with Crippen LogP contribution in [0, 0.1) is 11.8 Å². The van der Waals surface area contributed by atoms with Crippen molar-refractivity contribution in [2.75, 3.05) is 6.61 Å². The molecule has 16 heavy (non-hydrogen) atoms. The molecule has 0 bridgehead atoms. The Morgan fingerprint density at radius 3 is 2.88 bits per heavy atom. The summed E-state index contributed by atoms with van der Waals surface area (Å²) in [6.07, 6.45) is 0. The second-order valence-corrected chi connectivity index (χ2v) is 4.65. The van der Waals surface area contributed by atoms with E-state index in [4.69, 9.17) is 16.3 Å². The van der Waals surface area contributed by atoms with Gasteiger partial charge in [-0.25, -0.2) is 0 Å². The molecule has 0 unspecified atom stereocenters.